The summed E-state index contributed by atoms with van der Waals surface area (Å²) in [5, 5.41) is 2.99. The number of hydrogen-bond acceptors (Lipinski definition) is 6. The molecule has 0 saturated carbocycles. The van der Waals surface area contributed by atoms with Crippen molar-refractivity contribution in [3.63, 3.8) is 0 Å². The van der Waals surface area contributed by atoms with Crippen LogP contribution in [0.25, 0.3) is 6.08 Å². The van der Waals surface area contributed by atoms with Crippen molar-refractivity contribution in [2.45, 2.75) is 19.6 Å². The lowest BCUT2D eigenvalue weighted by Gasteiger charge is -2.25. The zero-order chi connectivity index (χ0) is 31.5. The summed E-state index contributed by atoms with van der Waals surface area (Å²) in [6, 6.07) is 30.0. The van der Waals surface area contributed by atoms with E-state index in [-0.39, 0.29) is 11.5 Å². The second-order valence-corrected chi connectivity index (χ2v) is 13.7. The maximum atomic E-state index is 14.3. The zero-order valence-electron chi connectivity index (χ0n) is 24.3. The largest absolute Gasteiger partial charge is 0.497 e. The van der Waals surface area contributed by atoms with Gasteiger partial charge in [0.05, 0.1) is 32.5 Å². The highest BCUT2D eigenvalue weighted by Crippen LogP contribution is 2.33. The Morgan fingerprint density at radius 1 is 1.00 bits per heavy atom. The SMILES string of the molecule is COc1ccc([C@H]2C(C(=O)Nc3ccccc3)=C(C)N=c3s/c(=C/c4cc(I)cc(I)c4OCc4ccccc4)c(=O)n32)cc1. The first-order valence-electron chi connectivity index (χ1n) is 14.0. The van der Waals surface area contributed by atoms with Crippen LogP contribution in [-0.4, -0.2) is 17.6 Å². The van der Waals surface area contributed by atoms with Gasteiger partial charge >= 0.3 is 0 Å². The molecule has 0 bridgehead atoms. The molecule has 7 nitrogen and oxygen atoms in total. The zero-order valence-corrected chi connectivity index (χ0v) is 29.4. The lowest BCUT2D eigenvalue weighted by atomic mass is 9.95. The third-order valence-electron chi connectivity index (χ3n) is 7.28. The number of nitrogens with zero attached hydrogens (tertiary/aromatic N) is 2. The molecular formula is C35H27I2N3O4S. The molecule has 1 N–H and O–H groups in total. The number of aromatic nitrogens is 1. The molecule has 0 aliphatic carbocycles. The fourth-order valence-electron chi connectivity index (χ4n) is 5.14. The number of halogens is 2. The number of allylic oxidation sites excluding steroid dienone is 1. The van der Waals surface area contributed by atoms with Gasteiger partial charge < -0.3 is 14.8 Å². The molecule has 45 heavy (non-hydrogen) atoms. The van der Waals surface area contributed by atoms with Gasteiger partial charge in [0.2, 0.25) is 0 Å². The average molecular weight is 839 g/mol. The Kier molecular flexibility index (Phi) is 9.52. The molecule has 226 valence electrons. The number of amides is 1. The fourth-order valence-corrected chi connectivity index (χ4v) is 8.23. The number of anilines is 1. The number of ether oxygens (including phenoxy) is 2. The van der Waals surface area contributed by atoms with E-state index in [9.17, 15) is 9.59 Å². The van der Waals surface area contributed by atoms with Gasteiger partial charge in [-0.2, -0.15) is 0 Å². The maximum Gasteiger partial charge on any atom is 0.271 e. The third kappa shape index (κ3) is 6.77. The number of rotatable bonds is 8. The van der Waals surface area contributed by atoms with Crippen molar-refractivity contribution in [1.29, 1.82) is 0 Å². The number of hydrogen-bond donors (Lipinski definition) is 1. The van der Waals surface area contributed by atoms with Crippen molar-refractivity contribution in [1.82, 2.24) is 4.57 Å². The molecule has 1 amide bonds. The van der Waals surface area contributed by atoms with Crippen LogP contribution in [0, 0.1) is 7.14 Å². The molecule has 1 aromatic heterocycles. The van der Waals surface area contributed by atoms with Crippen LogP contribution in [0.3, 0.4) is 0 Å². The fraction of sp³-hybridized carbons (Fsp3) is 0.114. The van der Waals surface area contributed by atoms with Crippen molar-refractivity contribution in [2.24, 2.45) is 4.99 Å². The van der Waals surface area contributed by atoms with Crippen LogP contribution in [0.4, 0.5) is 5.69 Å². The number of nitrogens with one attached hydrogen (secondary N) is 1. The lowest BCUT2D eigenvalue weighted by Crippen LogP contribution is -2.40. The molecule has 4 aromatic carbocycles. The minimum atomic E-state index is -0.692. The molecule has 1 atom stereocenters. The molecule has 0 unspecified atom stereocenters. The van der Waals surface area contributed by atoms with Crippen LogP contribution in [0.1, 0.15) is 29.7 Å². The van der Waals surface area contributed by atoms with E-state index in [1.165, 1.54) is 11.3 Å². The minimum absolute atomic E-state index is 0.236. The number of fused-ring (bicyclic) bond motifs is 1. The number of carbonyl (C=O) groups excluding carboxylic acids is 1. The summed E-state index contributed by atoms with van der Waals surface area (Å²) in [6.45, 7) is 2.21. The van der Waals surface area contributed by atoms with E-state index in [2.05, 4.69) is 50.5 Å². The van der Waals surface area contributed by atoms with Gasteiger partial charge in [-0.15, -0.1) is 0 Å². The van der Waals surface area contributed by atoms with Crippen LogP contribution in [-0.2, 0) is 11.4 Å². The number of para-hydroxylation sites is 1. The second-order valence-electron chi connectivity index (χ2n) is 10.3. The Morgan fingerprint density at radius 2 is 1.69 bits per heavy atom. The molecule has 0 radical (unpaired) electrons. The third-order valence-corrected chi connectivity index (χ3v) is 9.69. The Balaban J connectivity index is 1.47. The van der Waals surface area contributed by atoms with Crippen LogP contribution >= 0.6 is 56.5 Å². The van der Waals surface area contributed by atoms with Crippen LogP contribution in [0.2, 0.25) is 0 Å². The summed E-state index contributed by atoms with van der Waals surface area (Å²) in [6.07, 6.45) is 1.86. The summed E-state index contributed by atoms with van der Waals surface area (Å²) in [7, 11) is 1.60. The molecule has 6 rings (SSSR count). The normalized spacial score (nSPS) is 14.5. The first-order chi connectivity index (χ1) is 21.8. The van der Waals surface area contributed by atoms with Gasteiger partial charge in [0, 0.05) is 14.8 Å². The number of thiazole rings is 1. The predicted octanol–water partition coefficient (Wildman–Crippen LogP) is 6.67. The summed E-state index contributed by atoms with van der Waals surface area (Å²) < 4.78 is 15.8. The molecule has 0 saturated heterocycles. The summed E-state index contributed by atoms with van der Waals surface area (Å²) in [5.74, 6) is 1.07. The van der Waals surface area contributed by atoms with Gasteiger partial charge in [0.1, 0.15) is 18.1 Å². The van der Waals surface area contributed by atoms with Crippen LogP contribution in [0.5, 0.6) is 11.5 Å². The average Bonchev–Trinajstić information content (AvgIpc) is 3.34. The van der Waals surface area contributed by atoms with Crippen LogP contribution in [0.15, 0.2) is 118 Å². The van der Waals surface area contributed by atoms with E-state index in [1.54, 1.807) is 11.7 Å². The molecular weight excluding hydrogens is 812 g/mol. The van der Waals surface area contributed by atoms with Crippen molar-refractivity contribution in [3.05, 3.63) is 152 Å². The number of methoxy groups -OCH3 is 1. The van der Waals surface area contributed by atoms with Gasteiger partial charge in [-0.1, -0.05) is 72.0 Å². The van der Waals surface area contributed by atoms with Gasteiger partial charge in [-0.3, -0.25) is 14.2 Å². The monoisotopic (exact) mass is 839 g/mol. The van der Waals surface area contributed by atoms with Gasteiger partial charge in [0.15, 0.2) is 4.80 Å². The molecule has 1 aliphatic heterocycles. The smallest absolute Gasteiger partial charge is 0.271 e. The first-order valence-corrected chi connectivity index (χ1v) is 17.0. The van der Waals surface area contributed by atoms with E-state index < -0.39 is 6.04 Å². The van der Waals surface area contributed by atoms with Crippen molar-refractivity contribution in [2.75, 3.05) is 12.4 Å². The molecule has 10 heteroatoms. The highest BCUT2D eigenvalue weighted by molar-refractivity contribution is 14.1. The standard InChI is InChI=1S/C35H27I2N3O4S/c1-21-30(33(41)39-26-11-7-4-8-12-26)31(23-13-15-27(43-2)16-14-23)40-34(42)29(45-35(40)38-21)18-24-17-25(36)19-28(37)32(24)44-20-22-9-5-3-6-10-22/h3-19,31H,20H2,1-2H3,(H,39,41)/b29-18+/t31-/m0/s1. The molecule has 2 heterocycles. The Bertz CT molecular complexity index is 2090. The maximum absolute atomic E-state index is 14.3. The van der Waals surface area contributed by atoms with Crippen molar-refractivity contribution in [3.8, 4) is 11.5 Å². The van der Waals surface area contributed by atoms with E-state index in [1.807, 2.05) is 110 Å². The molecule has 0 spiro atoms. The summed E-state index contributed by atoms with van der Waals surface area (Å²) >= 11 is 5.84. The summed E-state index contributed by atoms with van der Waals surface area (Å²) in [4.78, 5) is 33.4. The van der Waals surface area contributed by atoms with Gasteiger partial charge in [-0.25, -0.2) is 4.99 Å². The lowest BCUT2D eigenvalue weighted by molar-refractivity contribution is -0.113. The summed E-state index contributed by atoms with van der Waals surface area (Å²) in [5.41, 5.74) is 3.99. The topological polar surface area (TPSA) is 81.9 Å². The van der Waals surface area contributed by atoms with E-state index in [0.29, 0.717) is 44.4 Å². The van der Waals surface area contributed by atoms with Gasteiger partial charge in [-0.05, 0) is 106 Å². The van der Waals surface area contributed by atoms with E-state index in [0.717, 1.165) is 23.8 Å². The molecule has 5 aromatic rings. The van der Waals surface area contributed by atoms with E-state index >= 15 is 0 Å². The highest BCUT2D eigenvalue weighted by Gasteiger charge is 2.32. The Morgan fingerprint density at radius 3 is 2.38 bits per heavy atom. The first kappa shape index (κ1) is 31.2. The molecule has 0 fully saturated rings. The number of benzene rings is 4. The van der Waals surface area contributed by atoms with Crippen LogP contribution < -0.4 is 29.7 Å². The Hall–Kier alpha value is -3.75. The predicted molar refractivity (Wildman–Crippen MR) is 194 cm³/mol. The van der Waals surface area contributed by atoms with Crippen molar-refractivity contribution < 1.29 is 14.3 Å². The quantitative estimate of drug-likeness (QED) is 0.177. The second kappa shape index (κ2) is 13.7. The molecule has 1 aliphatic rings. The van der Waals surface area contributed by atoms with Crippen molar-refractivity contribution >= 4 is 74.2 Å². The minimum Gasteiger partial charge on any atom is -0.497 e. The van der Waals surface area contributed by atoms with E-state index in [4.69, 9.17) is 14.5 Å². The highest BCUT2D eigenvalue weighted by atomic mass is 127. The van der Waals surface area contributed by atoms with Gasteiger partial charge in [0.25, 0.3) is 11.5 Å². The Labute approximate surface area is 291 Å². The number of carbonyl (C=O) groups is 1.